The molecule has 0 aliphatic carbocycles. The van der Waals surface area contributed by atoms with Crippen molar-refractivity contribution in [1.29, 1.82) is 0 Å². The molecule has 1 heterocycles. The number of amides is 1. The lowest BCUT2D eigenvalue weighted by Crippen LogP contribution is -2.42. The molecule has 0 spiro atoms. The zero-order valence-electron chi connectivity index (χ0n) is 17.1. The van der Waals surface area contributed by atoms with Gasteiger partial charge in [0, 0.05) is 5.39 Å². The van der Waals surface area contributed by atoms with E-state index in [0.29, 0.717) is 10.8 Å². The van der Waals surface area contributed by atoms with Crippen molar-refractivity contribution in [3.05, 3.63) is 106 Å². The Kier molecular flexibility index (Phi) is 5.85. The minimum Gasteiger partial charge on any atom is -0.272 e. The van der Waals surface area contributed by atoms with E-state index in [9.17, 15) is 18.0 Å². The fourth-order valence-electron chi connectivity index (χ4n) is 3.28. The van der Waals surface area contributed by atoms with Crippen molar-refractivity contribution < 1.29 is 13.2 Å². The van der Waals surface area contributed by atoms with E-state index in [4.69, 9.17) is 0 Å². The highest BCUT2D eigenvalue weighted by Gasteiger charge is 2.20. The standard InChI is InChI=1S/C23H20N4O4S/c1-16-8-7-11-18(14-16)32(30,31)26-24-22(28)21-19-12-5-6-13-20(19)23(29)27(25-21)15-17-9-3-2-4-10-17/h2-14,26H,15H2,1H3,(H,24,28). The van der Waals surface area contributed by atoms with Gasteiger partial charge in [0.2, 0.25) is 0 Å². The van der Waals surface area contributed by atoms with Crippen LogP contribution in [0.15, 0.2) is 88.6 Å². The lowest BCUT2D eigenvalue weighted by atomic mass is 10.1. The SMILES string of the molecule is Cc1cccc(S(=O)(=O)NNC(=O)c2nn(Cc3ccccc3)c(=O)c3ccccc23)c1. The average Bonchev–Trinajstić information content (AvgIpc) is 2.80. The molecule has 0 saturated heterocycles. The first-order chi connectivity index (χ1) is 15.3. The second-order valence-corrected chi connectivity index (χ2v) is 8.90. The molecule has 0 aliphatic heterocycles. The van der Waals surface area contributed by atoms with Crippen LogP contribution >= 0.6 is 0 Å². The summed E-state index contributed by atoms with van der Waals surface area (Å²) in [5.41, 5.74) is 3.39. The van der Waals surface area contributed by atoms with Gasteiger partial charge in [-0.15, -0.1) is 4.83 Å². The van der Waals surface area contributed by atoms with Crippen molar-refractivity contribution in [2.24, 2.45) is 0 Å². The van der Waals surface area contributed by atoms with E-state index in [2.05, 4.69) is 15.4 Å². The van der Waals surface area contributed by atoms with Crippen LogP contribution in [0.4, 0.5) is 0 Å². The van der Waals surface area contributed by atoms with Crippen LogP contribution in [0.5, 0.6) is 0 Å². The molecule has 0 aliphatic rings. The van der Waals surface area contributed by atoms with E-state index in [-0.39, 0.29) is 22.7 Å². The van der Waals surface area contributed by atoms with Gasteiger partial charge in [0.25, 0.3) is 21.5 Å². The first-order valence-corrected chi connectivity index (χ1v) is 11.3. The number of carbonyl (C=O) groups is 1. The van der Waals surface area contributed by atoms with Crippen molar-refractivity contribution in [2.75, 3.05) is 0 Å². The summed E-state index contributed by atoms with van der Waals surface area (Å²) in [6.07, 6.45) is 0. The molecule has 0 bridgehead atoms. The molecule has 9 heteroatoms. The molecule has 4 rings (SSSR count). The molecular weight excluding hydrogens is 428 g/mol. The summed E-state index contributed by atoms with van der Waals surface area (Å²) in [5, 5.41) is 4.88. The van der Waals surface area contributed by atoms with Crippen LogP contribution < -0.4 is 15.8 Å². The van der Waals surface area contributed by atoms with Gasteiger partial charge in [-0.25, -0.2) is 13.1 Å². The molecule has 3 aromatic carbocycles. The highest BCUT2D eigenvalue weighted by Crippen LogP contribution is 2.14. The predicted octanol–water partition coefficient (Wildman–Crippen LogP) is 2.38. The Morgan fingerprint density at radius 1 is 0.938 bits per heavy atom. The number of nitrogens with one attached hydrogen (secondary N) is 2. The molecule has 1 aromatic heterocycles. The minimum atomic E-state index is -3.98. The molecule has 1 amide bonds. The average molecular weight is 449 g/mol. The van der Waals surface area contributed by atoms with Gasteiger partial charge >= 0.3 is 0 Å². The Morgan fingerprint density at radius 2 is 1.62 bits per heavy atom. The fraction of sp³-hybridized carbons (Fsp3) is 0.0870. The molecule has 0 atom stereocenters. The van der Waals surface area contributed by atoms with E-state index in [0.717, 1.165) is 11.1 Å². The second-order valence-electron chi connectivity index (χ2n) is 7.22. The number of hydrazine groups is 1. The lowest BCUT2D eigenvalue weighted by Gasteiger charge is -2.12. The Hall–Kier alpha value is -3.82. The van der Waals surface area contributed by atoms with E-state index >= 15 is 0 Å². The van der Waals surface area contributed by atoms with Crippen LogP contribution in [0.1, 0.15) is 21.6 Å². The quantitative estimate of drug-likeness (QED) is 0.440. The molecule has 32 heavy (non-hydrogen) atoms. The molecule has 4 aromatic rings. The highest BCUT2D eigenvalue weighted by atomic mass is 32.2. The second kappa shape index (κ2) is 8.74. The number of benzene rings is 3. The normalized spacial score (nSPS) is 11.4. The first-order valence-electron chi connectivity index (χ1n) is 9.78. The third kappa shape index (κ3) is 4.43. The predicted molar refractivity (Wildman–Crippen MR) is 121 cm³/mol. The van der Waals surface area contributed by atoms with Crippen LogP contribution in [0, 0.1) is 6.92 Å². The third-order valence-corrected chi connectivity index (χ3v) is 6.10. The maximum Gasteiger partial charge on any atom is 0.287 e. The maximum absolute atomic E-state index is 12.9. The number of rotatable bonds is 6. The minimum absolute atomic E-state index is 0.0182. The molecule has 0 fully saturated rings. The van der Waals surface area contributed by atoms with Gasteiger partial charge in [-0.05, 0) is 36.2 Å². The van der Waals surface area contributed by atoms with E-state index in [1.807, 2.05) is 30.3 Å². The van der Waals surface area contributed by atoms with Crippen LogP contribution in [0.2, 0.25) is 0 Å². The lowest BCUT2D eigenvalue weighted by molar-refractivity contribution is 0.0939. The number of carbonyl (C=O) groups excluding carboxylic acids is 1. The number of fused-ring (bicyclic) bond motifs is 1. The molecular formula is C23H20N4O4S. The van der Waals surface area contributed by atoms with Gasteiger partial charge in [-0.2, -0.15) is 5.10 Å². The number of nitrogens with zero attached hydrogens (tertiary/aromatic N) is 2. The molecule has 0 saturated carbocycles. The van der Waals surface area contributed by atoms with E-state index in [1.54, 1.807) is 43.3 Å². The van der Waals surface area contributed by atoms with Crippen LogP contribution in [-0.4, -0.2) is 24.1 Å². The van der Waals surface area contributed by atoms with Crippen molar-refractivity contribution in [2.45, 2.75) is 18.4 Å². The van der Waals surface area contributed by atoms with Crippen LogP contribution in [-0.2, 0) is 16.6 Å². The summed E-state index contributed by atoms with van der Waals surface area (Å²) in [6, 6.07) is 22.1. The summed E-state index contributed by atoms with van der Waals surface area (Å²) in [6.45, 7) is 1.93. The van der Waals surface area contributed by atoms with E-state index < -0.39 is 15.9 Å². The van der Waals surface area contributed by atoms with Gasteiger partial charge in [0.05, 0.1) is 16.8 Å². The topological polar surface area (TPSA) is 110 Å². The fourth-order valence-corrected chi connectivity index (χ4v) is 4.22. The van der Waals surface area contributed by atoms with Crippen molar-refractivity contribution in [3.8, 4) is 0 Å². The maximum atomic E-state index is 12.9. The van der Waals surface area contributed by atoms with Crippen molar-refractivity contribution in [3.63, 3.8) is 0 Å². The molecule has 2 N–H and O–H groups in total. The Morgan fingerprint density at radius 3 is 2.34 bits per heavy atom. The number of hydrogen-bond donors (Lipinski definition) is 2. The molecule has 0 unspecified atom stereocenters. The van der Waals surface area contributed by atoms with Gasteiger partial charge in [0.1, 0.15) is 0 Å². The molecule has 0 radical (unpaired) electrons. The van der Waals surface area contributed by atoms with Gasteiger partial charge in [-0.3, -0.25) is 15.0 Å². The number of aryl methyl sites for hydroxylation is 1. The molecule has 8 nitrogen and oxygen atoms in total. The first kappa shape index (κ1) is 21.4. The van der Waals surface area contributed by atoms with Crippen LogP contribution in [0.3, 0.4) is 0 Å². The zero-order chi connectivity index (χ0) is 22.7. The zero-order valence-corrected chi connectivity index (χ0v) is 18.0. The molecule has 162 valence electrons. The Balaban J connectivity index is 1.68. The number of aromatic nitrogens is 2. The summed E-state index contributed by atoms with van der Waals surface area (Å²) in [4.78, 5) is 27.9. The van der Waals surface area contributed by atoms with E-state index in [1.165, 1.54) is 16.8 Å². The third-order valence-electron chi connectivity index (χ3n) is 4.86. The van der Waals surface area contributed by atoms with Crippen LogP contribution in [0.25, 0.3) is 10.8 Å². The number of sulfonamides is 1. The van der Waals surface area contributed by atoms with Gasteiger partial charge in [0.15, 0.2) is 5.69 Å². The highest BCUT2D eigenvalue weighted by molar-refractivity contribution is 7.89. The van der Waals surface area contributed by atoms with Crippen molar-refractivity contribution >= 4 is 26.7 Å². The summed E-state index contributed by atoms with van der Waals surface area (Å²) < 4.78 is 26.3. The van der Waals surface area contributed by atoms with Crippen molar-refractivity contribution in [1.82, 2.24) is 20.0 Å². The summed E-state index contributed by atoms with van der Waals surface area (Å²) >= 11 is 0. The Bertz CT molecular complexity index is 1460. The summed E-state index contributed by atoms with van der Waals surface area (Å²) in [7, 11) is -3.98. The number of hydrogen-bond acceptors (Lipinski definition) is 5. The monoisotopic (exact) mass is 448 g/mol. The van der Waals surface area contributed by atoms with Gasteiger partial charge < -0.3 is 0 Å². The van der Waals surface area contributed by atoms with Gasteiger partial charge in [-0.1, -0.05) is 60.7 Å². The largest absolute Gasteiger partial charge is 0.287 e. The summed E-state index contributed by atoms with van der Waals surface area (Å²) in [5.74, 6) is -0.778. The Labute approximate surface area is 184 Å². The smallest absolute Gasteiger partial charge is 0.272 e.